The smallest absolute Gasteiger partial charge is 0.331 e. The third kappa shape index (κ3) is 4.69. The predicted octanol–water partition coefficient (Wildman–Crippen LogP) is 2.97. The van der Waals surface area contributed by atoms with Gasteiger partial charge in [0.15, 0.2) is 5.78 Å². The maximum Gasteiger partial charge on any atom is 0.331 e. The Morgan fingerprint density at radius 3 is 2.53 bits per heavy atom. The molecule has 34 heavy (non-hydrogen) atoms. The molecule has 0 fully saturated rings. The molecule has 1 amide bonds. The van der Waals surface area contributed by atoms with Crippen LogP contribution >= 0.6 is 11.3 Å². The summed E-state index contributed by atoms with van der Waals surface area (Å²) < 4.78 is 7.58. The van der Waals surface area contributed by atoms with Crippen LogP contribution in [0.15, 0.2) is 70.3 Å². The second kappa shape index (κ2) is 9.88. The van der Waals surface area contributed by atoms with E-state index in [1.54, 1.807) is 38.4 Å². The van der Waals surface area contributed by atoms with Crippen LogP contribution in [0, 0.1) is 0 Å². The van der Waals surface area contributed by atoms with Gasteiger partial charge < -0.3 is 10.1 Å². The van der Waals surface area contributed by atoms with E-state index in [1.807, 2.05) is 30.3 Å². The normalized spacial score (nSPS) is 10.9. The van der Waals surface area contributed by atoms with Crippen molar-refractivity contribution >= 4 is 33.2 Å². The van der Waals surface area contributed by atoms with Crippen LogP contribution in [0.2, 0.25) is 0 Å². The molecule has 2 aromatic carbocycles. The Kier molecular flexibility index (Phi) is 6.74. The first-order valence-electron chi connectivity index (χ1n) is 10.6. The fourth-order valence-corrected chi connectivity index (χ4v) is 4.65. The number of aryl methyl sites for hydroxylation is 1. The van der Waals surface area contributed by atoms with Gasteiger partial charge in [-0.05, 0) is 23.8 Å². The number of hydrogen-bond acceptors (Lipinski definition) is 6. The lowest BCUT2D eigenvalue weighted by molar-refractivity contribution is 0.0952. The summed E-state index contributed by atoms with van der Waals surface area (Å²) in [6.45, 7) is 0.247. The number of nitrogens with one attached hydrogen (secondary N) is 1. The summed E-state index contributed by atoms with van der Waals surface area (Å²) in [7, 11) is 3.12. The standard InChI is InChI=1S/C25H23N3O5S/c1-27-24-19(14-21(34-24)22(30)26-15-16-7-6-10-18(13-16)33-2)23(31)28(25(27)32)12-11-20(29)17-8-4-3-5-9-17/h3-10,13-14H,11-12,15H2,1-2H3,(H,26,30). The van der Waals surface area contributed by atoms with Crippen LogP contribution in [-0.2, 0) is 20.1 Å². The minimum Gasteiger partial charge on any atom is -0.497 e. The van der Waals surface area contributed by atoms with Crippen LogP contribution in [0.4, 0.5) is 0 Å². The summed E-state index contributed by atoms with van der Waals surface area (Å²) in [6.07, 6.45) is 0.0166. The highest BCUT2D eigenvalue weighted by atomic mass is 32.1. The monoisotopic (exact) mass is 477 g/mol. The first-order chi connectivity index (χ1) is 16.4. The number of methoxy groups -OCH3 is 1. The zero-order chi connectivity index (χ0) is 24.2. The topological polar surface area (TPSA) is 99.4 Å². The number of amides is 1. The summed E-state index contributed by atoms with van der Waals surface area (Å²) in [6, 6.07) is 17.6. The van der Waals surface area contributed by atoms with Gasteiger partial charge >= 0.3 is 5.69 Å². The average molecular weight is 478 g/mol. The number of rotatable bonds is 8. The number of nitrogens with zero attached hydrogens (tertiary/aromatic N) is 2. The van der Waals surface area contributed by atoms with E-state index in [4.69, 9.17) is 4.74 Å². The molecule has 0 aliphatic heterocycles. The lowest BCUT2D eigenvalue weighted by Crippen LogP contribution is -2.39. The van der Waals surface area contributed by atoms with Gasteiger partial charge in [-0.2, -0.15) is 0 Å². The number of hydrogen-bond donors (Lipinski definition) is 1. The molecule has 174 valence electrons. The lowest BCUT2D eigenvalue weighted by Gasteiger charge is -2.08. The molecule has 4 rings (SSSR count). The summed E-state index contributed by atoms with van der Waals surface area (Å²) >= 11 is 1.08. The fourth-order valence-electron chi connectivity index (χ4n) is 3.63. The van der Waals surface area contributed by atoms with Crippen molar-refractivity contribution in [3.05, 3.63) is 97.5 Å². The van der Waals surface area contributed by atoms with Gasteiger partial charge in [-0.15, -0.1) is 11.3 Å². The van der Waals surface area contributed by atoms with Crippen molar-refractivity contribution in [3.63, 3.8) is 0 Å². The number of Topliss-reactive ketones (excluding diaryl/α,β-unsaturated/α-hetero) is 1. The van der Waals surface area contributed by atoms with Crippen molar-refractivity contribution in [1.29, 1.82) is 0 Å². The summed E-state index contributed by atoms with van der Waals surface area (Å²) in [5, 5.41) is 3.10. The molecule has 0 aliphatic rings. The maximum atomic E-state index is 13.0. The predicted molar refractivity (Wildman–Crippen MR) is 131 cm³/mol. The Morgan fingerprint density at radius 1 is 1.03 bits per heavy atom. The van der Waals surface area contributed by atoms with E-state index in [1.165, 1.54) is 10.6 Å². The Balaban J connectivity index is 1.56. The minimum atomic E-state index is -0.524. The lowest BCUT2D eigenvalue weighted by atomic mass is 10.1. The Hall–Kier alpha value is -3.98. The first-order valence-corrected chi connectivity index (χ1v) is 11.4. The molecule has 0 spiro atoms. The first kappa shape index (κ1) is 23.2. The van der Waals surface area contributed by atoms with Crippen molar-refractivity contribution < 1.29 is 14.3 Å². The molecule has 0 aliphatic carbocycles. The highest BCUT2D eigenvalue weighted by molar-refractivity contribution is 7.20. The number of aromatic nitrogens is 2. The number of benzene rings is 2. The van der Waals surface area contributed by atoms with Crippen molar-refractivity contribution in [2.75, 3.05) is 7.11 Å². The summed E-state index contributed by atoms with van der Waals surface area (Å²) in [4.78, 5) is 51.7. The molecular formula is C25H23N3O5S. The highest BCUT2D eigenvalue weighted by Gasteiger charge is 2.18. The van der Waals surface area contributed by atoms with Gasteiger partial charge in [0.25, 0.3) is 11.5 Å². The third-order valence-electron chi connectivity index (χ3n) is 5.48. The molecule has 0 saturated heterocycles. The largest absolute Gasteiger partial charge is 0.497 e. The van der Waals surface area contributed by atoms with Crippen molar-refractivity contribution in [1.82, 2.24) is 14.5 Å². The SMILES string of the molecule is COc1cccc(CNC(=O)c2cc3c(=O)n(CCC(=O)c4ccccc4)c(=O)n(C)c3s2)c1. The van der Waals surface area contributed by atoms with E-state index in [2.05, 4.69) is 5.32 Å². The highest BCUT2D eigenvalue weighted by Crippen LogP contribution is 2.22. The molecule has 0 unspecified atom stereocenters. The zero-order valence-electron chi connectivity index (χ0n) is 18.7. The van der Waals surface area contributed by atoms with Gasteiger partial charge in [0.1, 0.15) is 10.6 Å². The molecule has 2 aromatic heterocycles. The second-order valence-electron chi connectivity index (χ2n) is 7.70. The van der Waals surface area contributed by atoms with Crippen LogP contribution in [0.1, 0.15) is 32.0 Å². The Labute approximate surface area is 199 Å². The molecule has 4 aromatic rings. The van der Waals surface area contributed by atoms with Crippen LogP contribution in [0.5, 0.6) is 5.75 Å². The fraction of sp³-hybridized carbons (Fsp3) is 0.200. The van der Waals surface area contributed by atoms with Crippen LogP contribution in [0.25, 0.3) is 10.2 Å². The van der Waals surface area contributed by atoms with E-state index in [-0.39, 0.29) is 36.6 Å². The number of thiophene rings is 1. The van der Waals surface area contributed by atoms with Crippen LogP contribution in [0.3, 0.4) is 0 Å². The number of ketones is 1. The summed E-state index contributed by atoms with van der Waals surface area (Å²) in [5.41, 5.74) is 0.358. The van der Waals surface area contributed by atoms with Gasteiger partial charge in [-0.3, -0.25) is 23.5 Å². The van der Waals surface area contributed by atoms with Crippen LogP contribution in [-0.4, -0.2) is 27.9 Å². The van der Waals surface area contributed by atoms with Gasteiger partial charge in [0, 0.05) is 32.1 Å². The molecule has 9 heteroatoms. The molecule has 0 bridgehead atoms. The van der Waals surface area contributed by atoms with Crippen molar-refractivity contribution in [3.8, 4) is 5.75 Å². The minimum absolute atomic E-state index is 0.0166. The molecule has 0 atom stereocenters. The number of carbonyl (C=O) groups is 2. The number of ether oxygens (including phenoxy) is 1. The quantitative estimate of drug-likeness (QED) is 0.394. The van der Waals surface area contributed by atoms with Gasteiger partial charge in [-0.1, -0.05) is 42.5 Å². The molecule has 1 N–H and O–H groups in total. The maximum absolute atomic E-state index is 13.0. The van der Waals surface area contributed by atoms with E-state index in [0.717, 1.165) is 21.5 Å². The zero-order valence-corrected chi connectivity index (χ0v) is 19.6. The van der Waals surface area contributed by atoms with Crippen molar-refractivity contribution in [2.45, 2.75) is 19.5 Å². The van der Waals surface area contributed by atoms with E-state index < -0.39 is 11.2 Å². The summed E-state index contributed by atoms with van der Waals surface area (Å²) in [5.74, 6) is 0.189. The van der Waals surface area contributed by atoms with Gasteiger partial charge in [0.05, 0.1) is 17.4 Å². The molecular weight excluding hydrogens is 454 g/mol. The molecule has 0 radical (unpaired) electrons. The van der Waals surface area contributed by atoms with E-state index >= 15 is 0 Å². The molecule has 0 saturated carbocycles. The Morgan fingerprint density at radius 2 is 1.79 bits per heavy atom. The molecule has 8 nitrogen and oxygen atoms in total. The second-order valence-corrected chi connectivity index (χ2v) is 8.73. The number of carbonyl (C=O) groups excluding carboxylic acids is 2. The van der Waals surface area contributed by atoms with E-state index in [9.17, 15) is 19.2 Å². The number of fused-ring (bicyclic) bond motifs is 1. The van der Waals surface area contributed by atoms with Gasteiger partial charge in [0.2, 0.25) is 0 Å². The van der Waals surface area contributed by atoms with E-state index in [0.29, 0.717) is 21.0 Å². The molecule has 2 heterocycles. The van der Waals surface area contributed by atoms with Crippen molar-refractivity contribution in [2.24, 2.45) is 7.05 Å². The van der Waals surface area contributed by atoms with Crippen LogP contribution < -0.4 is 21.3 Å². The Bertz CT molecular complexity index is 1480. The third-order valence-corrected chi connectivity index (χ3v) is 6.69. The van der Waals surface area contributed by atoms with Gasteiger partial charge in [-0.25, -0.2) is 4.79 Å². The average Bonchev–Trinajstić information content (AvgIpc) is 3.32.